The standard InChI is InChI=1S/C27H30F3N3O2/c1-19-24(32-13-15-35-16-14-32)20(2)33(18-22-9-6-10-23(17-22)27(28,29)30)25(19)26(34)31-12-11-21-7-4-3-5-8-21/h3-10,17H,11-16,18H2,1-2H3,(H,31,34). The zero-order chi connectivity index (χ0) is 25.0. The van der Waals surface area contributed by atoms with Crippen LogP contribution in [0.15, 0.2) is 54.6 Å². The molecule has 4 rings (SSSR count). The lowest BCUT2D eigenvalue weighted by molar-refractivity contribution is -0.137. The number of ether oxygens (including phenoxy) is 1. The first-order chi connectivity index (χ1) is 16.8. The highest BCUT2D eigenvalue weighted by Gasteiger charge is 2.31. The van der Waals surface area contributed by atoms with Gasteiger partial charge in [0, 0.05) is 37.4 Å². The van der Waals surface area contributed by atoms with Gasteiger partial charge in [-0.05, 0) is 43.5 Å². The third kappa shape index (κ3) is 5.70. The summed E-state index contributed by atoms with van der Waals surface area (Å²) in [6, 6.07) is 15.2. The zero-order valence-electron chi connectivity index (χ0n) is 20.0. The van der Waals surface area contributed by atoms with Crippen molar-refractivity contribution >= 4 is 11.6 Å². The summed E-state index contributed by atoms with van der Waals surface area (Å²) in [5.41, 5.74) is 4.03. The molecule has 1 aliphatic heterocycles. The van der Waals surface area contributed by atoms with Crippen LogP contribution in [0, 0.1) is 13.8 Å². The summed E-state index contributed by atoms with van der Waals surface area (Å²) in [7, 11) is 0. The Bertz CT molecular complexity index is 1170. The maximum atomic E-state index is 13.4. The van der Waals surface area contributed by atoms with E-state index in [0.717, 1.165) is 34.6 Å². The van der Waals surface area contributed by atoms with Crippen LogP contribution in [0.3, 0.4) is 0 Å². The first-order valence-electron chi connectivity index (χ1n) is 11.8. The molecule has 0 atom stereocenters. The molecule has 0 spiro atoms. The van der Waals surface area contributed by atoms with E-state index in [-0.39, 0.29) is 12.5 Å². The summed E-state index contributed by atoms with van der Waals surface area (Å²) in [6.07, 6.45) is -3.73. The largest absolute Gasteiger partial charge is 0.416 e. The van der Waals surface area contributed by atoms with Gasteiger partial charge in [0.2, 0.25) is 0 Å². The zero-order valence-corrected chi connectivity index (χ0v) is 20.0. The Morgan fingerprint density at radius 1 is 1.00 bits per heavy atom. The Morgan fingerprint density at radius 3 is 2.37 bits per heavy atom. The fourth-order valence-electron chi connectivity index (χ4n) is 4.70. The minimum atomic E-state index is -4.42. The van der Waals surface area contributed by atoms with Crippen molar-refractivity contribution in [1.82, 2.24) is 9.88 Å². The van der Waals surface area contributed by atoms with Crippen LogP contribution in [0.25, 0.3) is 0 Å². The first-order valence-corrected chi connectivity index (χ1v) is 11.8. The van der Waals surface area contributed by atoms with E-state index in [4.69, 9.17) is 4.74 Å². The van der Waals surface area contributed by atoms with Crippen LogP contribution in [0.1, 0.15) is 38.4 Å². The molecule has 0 saturated carbocycles. The molecule has 2 aromatic carbocycles. The molecule has 0 radical (unpaired) electrons. The van der Waals surface area contributed by atoms with Crippen molar-refractivity contribution in [3.63, 3.8) is 0 Å². The molecule has 1 fully saturated rings. The molecule has 5 nitrogen and oxygen atoms in total. The van der Waals surface area contributed by atoms with E-state index < -0.39 is 11.7 Å². The van der Waals surface area contributed by atoms with Crippen molar-refractivity contribution < 1.29 is 22.7 Å². The number of benzene rings is 2. The van der Waals surface area contributed by atoms with Gasteiger partial charge in [-0.15, -0.1) is 0 Å². The summed E-state index contributed by atoms with van der Waals surface area (Å²) in [5, 5.41) is 3.01. The van der Waals surface area contributed by atoms with Crippen LogP contribution in [-0.4, -0.2) is 43.3 Å². The number of nitrogens with zero attached hydrogens (tertiary/aromatic N) is 2. The number of alkyl halides is 3. The summed E-state index contributed by atoms with van der Waals surface area (Å²) >= 11 is 0. The quantitative estimate of drug-likeness (QED) is 0.514. The smallest absolute Gasteiger partial charge is 0.378 e. The van der Waals surface area contributed by atoms with Crippen LogP contribution in [0.4, 0.5) is 18.9 Å². The van der Waals surface area contributed by atoms with Crippen molar-refractivity contribution in [2.45, 2.75) is 33.0 Å². The number of morpholine rings is 1. The Morgan fingerprint density at radius 2 is 1.69 bits per heavy atom. The van der Waals surface area contributed by atoms with Crippen molar-refractivity contribution in [2.75, 3.05) is 37.7 Å². The fourth-order valence-corrected chi connectivity index (χ4v) is 4.70. The molecule has 0 unspecified atom stereocenters. The number of amides is 1. The number of nitrogens with one attached hydrogen (secondary N) is 1. The van der Waals surface area contributed by atoms with E-state index in [9.17, 15) is 18.0 Å². The average Bonchev–Trinajstić information content (AvgIpc) is 3.09. The minimum absolute atomic E-state index is 0.169. The third-order valence-corrected chi connectivity index (χ3v) is 6.41. The molecule has 35 heavy (non-hydrogen) atoms. The molecular formula is C27H30F3N3O2. The lowest BCUT2D eigenvalue weighted by Crippen LogP contribution is -2.36. The predicted octanol–water partition coefficient (Wildman–Crippen LogP) is 4.98. The Labute approximate surface area is 203 Å². The van der Waals surface area contributed by atoms with Crippen LogP contribution in [-0.2, 0) is 23.9 Å². The van der Waals surface area contributed by atoms with Gasteiger partial charge >= 0.3 is 6.18 Å². The summed E-state index contributed by atoms with van der Waals surface area (Å²) in [6.45, 7) is 7.05. The second kappa shape index (κ2) is 10.6. The molecule has 1 N–H and O–H groups in total. The van der Waals surface area contributed by atoms with Gasteiger partial charge in [0.15, 0.2) is 0 Å². The number of carbonyl (C=O) groups excluding carboxylic acids is 1. The second-order valence-corrected chi connectivity index (χ2v) is 8.78. The maximum Gasteiger partial charge on any atom is 0.416 e. The number of carbonyl (C=O) groups is 1. The van der Waals surface area contributed by atoms with E-state index in [0.29, 0.717) is 50.5 Å². The minimum Gasteiger partial charge on any atom is -0.378 e. The van der Waals surface area contributed by atoms with E-state index in [1.807, 2.05) is 48.7 Å². The Kier molecular flexibility index (Phi) is 7.50. The molecule has 1 amide bonds. The molecule has 1 saturated heterocycles. The van der Waals surface area contributed by atoms with Crippen LogP contribution in [0.2, 0.25) is 0 Å². The van der Waals surface area contributed by atoms with Gasteiger partial charge in [-0.3, -0.25) is 4.79 Å². The molecule has 0 aliphatic carbocycles. The van der Waals surface area contributed by atoms with Crippen molar-refractivity contribution in [1.29, 1.82) is 0 Å². The Hall–Kier alpha value is -3.26. The van der Waals surface area contributed by atoms with Gasteiger partial charge in [-0.25, -0.2) is 0 Å². The molecule has 1 aromatic heterocycles. The van der Waals surface area contributed by atoms with Gasteiger partial charge in [-0.2, -0.15) is 13.2 Å². The molecule has 0 bridgehead atoms. The predicted molar refractivity (Wildman–Crippen MR) is 130 cm³/mol. The van der Waals surface area contributed by atoms with E-state index in [1.54, 1.807) is 6.07 Å². The number of rotatable bonds is 7. The number of hydrogen-bond donors (Lipinski definition) is 1. The molecule has 2 heterocycles. The topological polar surface area (TPSA) is 46.5 Å². The number of halogens is 3. The van der Waals surface area contributed by atoms with Crippen molar-refractivity contribution in [3.8, 4) is 0 Å². The number of hydrogen-bond acceptors (Lipinski definition) is 3. The van der Waals surface area contributed by atoms with Crippen LogP contribution >= 0.6 is 0 Å². The molecule has 1 aliphatic rings. The Balaban J connectivity index is 1.65. The van der Waals surface area contributed by atoms with Crippen LogP contribution in [0.5, 0.6) is 0 Å². The molecule has 8 heteroatoms. The van der Waals surface area contributed by atoms with E-state index in [1.165, 1.54) is 6.07 Å². The maximum absolute atomic E-state index is 13.4. The summed E-state index contributed by atoms with van der Waals surface area (Å²) in [4.78, 5) is 15.6. The summed E-state index contributed by atoms with van der Waals surface area (Å²) in [5.74, 6) is -0.229. The monoisotopic (exact) mass is 485 g/mol. The number of aromatic nitrogens is 1. The van der Waals surface area contributed by atoms with E-state index >= 15 is 0 Å². The normalized spacial score (nSPS) is 14.3. The second-order valence-electron chi connectivity index (χ2n) is 8.78. The third-order valence-electron chi connectivity index (χ3n) is 6.41. The van der Waals surface area contributed by atoms with Gasteiger partial charge < -0.3 is 19.5 Å². The number of anilines is 1. The SMILES string of the molecule is Cc1c(N2CCOCC2)c(C)n(Cc2cccc(C(F)(F)F)c2)c1C(=O)NCCc1ccccc1. The lowest BCUT2D eigenvalue weighted by Gasteiger charge is -2.29. The fraction of sp³-hybridized carbons (Fsp3) is 0.370. The highest BCUT2D eigenvalue weighted by Crippen LogP contribution is 2.33. The summed E-state index contributed by atoms with van der Waals surface area (Å²) < 4.78 is 47.2. The first kappa shape index (κ1) is 24.9. The van der Waals surface area contributed by atoms with Gasteiger partial charge in [0.25, 0.3) is 5.91 Å². The van der Waals surface area contributed by atoms with Gasteiger partial charge in [0.1, 0.15) is 5.69 Å². The molecule has 186 valence electrons. The van der Waals surface area contributed by atoms with Crippen LogP contribution < -0.4 is 10.2 Å². The van der Waals surface area contributed by atoms with Crippen molar-refractivity contribution in [3.05, 3.63) is 88.2 Å². The highest BCUT2D eigenvalue weighted by atomic mass is 19.4. The van der Waals surface area contributed by atoms with Gasteiger partial charge in [-0.1, -0.05) is 42.5 Å². The molecule has 3 aromatic rings. The van der Waals surface area contributed by atoms with Gasteiger partial charge in [0.05, 0.1) is 24.5 Å². The highest BCUT2D eigenvalue weighted by molar-refractivity contribution is 5.96. The molecular weight excluding hydrogens is 455 g/mol. The van der Waals surface area contributed by atoms with Crippen molar-refractivity contribution in [2.24, 2.45) is 0 Å². The van der Waals surface area contributed by atoms with E-state index in [2.05, 4.69) is 10.2 Å². The average molecular weight is 486 g/mol. The lowest BCUT2D eigenvalue weighted by atomic mass is 10.1.